The molecule has 1 atom stereocenters. The number of rotatable bonds is 2. The van der Waals surface area contributed by atoms with Crippen molar-refractivity contribution in [2.24, 2.45) is 5.73 Å². The van der Waals surface area contributed by atoms with Gasteiger partial charge in [-0.25, -0.2) is 0 Å². The zero-order valence-electron chi connectivity index (χ0n) is 7.45. The molecule has 0 aromatic rings. The van der Waals surface area contributed by atoms with Crippen molar-refractivity contribution in [1.29, 1.82) is 0 Å². The quantitative estimate of drug-likeness (QED) is 0.615. The lowest BCUT2D eigenvalue weighted by Gasteiger charge is -2.27. The van der Waals surface area contributed by atoms with Crippen molar-refractivity contribution in [2.45, 2.75) is 19.4 Å². The molecule has 1 saturated heterocycles. The second-order valence-electron chi connectivity index (χ2n) is 3.17. The third-order valence-electron chi connectivity index (χ3n) is 1.86. The van der Waals surface area contributed by atoms with Crippen LogP contribution in [0.3, 0.4) is 0 Å². The van der Waals surface area contributed by atoms with E-state index in [0.29, 0.717) is 32.7 Å². The molecule has 12 heavy (non-hydrogen) atoms. The summed E-state index contributed by atoms with van der Waals surface area (Å²) in [6, 6.07) is -0.0413. The predicted molar refractivity (Wildman–Crippen MR) is 45.7 cm³/mol. The zero-order chi connectivity index (χ0) is 8.97. The molecule has 0 aromatic carbocycles. The van der Waals surface area contributed by atoms with Crippen LogP contribution in [-0.2, 0) is 9.53 Å². The fraction of sp³-hybridized carbons (Fsp3) is 0.875. The number of carbonyl (C=O) groups is 1. The Morgan fingerprint density at radius 3 is 2.67 bits per heavy atom. The van der Waals surface area contributed by atoms with Crippen LogP contribution in [0.15, 0.2) is 0 Å². The van der Waals surface area contributed by atoms with Gasteiger partial charge >= 0.3 is 0 Å². The molecule has 1 fully saturated rings. The van der Waals surface area contributed by atoms with Crippen LogP contribution in [0.2, 0.25) is 0 Å². The molecule has 1 aliphatic rings. The zero-order valence-corrected chi connectivity index (χ0v) is 7.45. The number of nitrogens with zero attached hydrogens (tertiary/aromatic N) is 1. The lowest BCUT2D eigenvalue weighted by Crippen LogP contribution is -2.42. The molecule has 0 saturated carbocycles. The molecule has 2 N–H and O–H groups in total. The molecule has 0 aromatic heterocycles. The molecule has 70 valence electrons. The van der Waals surface area contributed by atoms with Crippen LogP contribution < -0.4 is 5.73 Å². The number of morpholine rings is 1. The highest BCUT2D eigenvalue weighted by molar-refractivity contribution is 5.76. The summed E-state index contributed by atoms with van der Waals surface area (Å²) >= 11 is 0. The van der Waals surface area contributed by atoms with E-state index in [1.807, 2.05) is 11.8 Å². The summed E-state index contributed by atoms with van der Waals surface area (Å²) in [5.74, 6) is 0.147. The van der Waals surface area contributed by atoms with Gasteiger partial charge in [-0.05, 0) is 6.92 Å². The molecule has 0 bridgehead atoms. The molecule has 1 unspecified atom stereocenters. The smallest absolute Gasteiger partial charge is 0.224 e. The second kappa shape index (κ2) is 4.42. The SMILES string of the molecule is CC(N)CC(=O)N1CCOCC1. The maximum atomic E-state index is 11.4. The van der Waals surface area contributed by atoms with Gasteiger partial charge in [-0.2, -0.15) is 0 Å². The summed E-state index contributed by atoms with van der Waals surface area (Å²) in [7, 11) is 0. The first-order chi connectivity index (χ1) is 5.70. The van der Waals surface area contributed by atoms with Gasteiger partial charge in [-0.1, -0.05) is 0 Å². The Morgan fingerprint density at radius 1 is 1.58 bits per heavy atom. The van der Waals surface area contributed by atoms with E-state index in [4.69, 9.17) is 10.5 Å². The molecule has 0 radical (unpaired) electrons. The van der Waals surface area contributed by atoms with Gasteiger partial charge in [-0.3, -0.25) is 4.79 Å². The number of amides is 1. The van der Waals surface area contributed by atoms with Gasteiger partial charge in [0.15, 0.2) is 0 Å². The van der Waals surface area contributed by atoms with Crippen molar-refractivity contribution in [1.82, 2.24) is 4.90 Å². The van der Waals surface area contributed by atoms with Crippen molar-refractivity contribution in [3.8, 4) is 0 Å². The first kappa shape index (κ1) is 9.48. The molecular formula is C8H16N2O2. The summed E-state index contributed by atoms with van der Waals surface area (Å²) in [5, 5.41) is 0. The van der Waals surface area contributed by atoms with E-state index < -0.39 is 0 Å². The first-order valence-corrected chi connectivity index (χ1v) is 4.31. The highest BCUT2D eigenvalue weighted by Gasteiger charge is 2.17. The predicted octanol–water partition coefficient (Wildman–Crippen LogP) is -0.417. The molecule has 1 aliphatic heterocycles. The lowest BCUT2D eigenvalue weighted by atomic mass is 10.2. The minimum absolute atomic E-state index is 0.0413. The van der Waals surface area contributed by atoms with Crippen molar-refractivity contribution in [2.75, 3.05) is 26.3 Å². The Balaban J connectivity index is 2.30. The molecule has 0 spiro atoms. The number of ether oxygens (including phenoxy) is 1. The van der Waals surface area contributed by atoms with Crippen molar-refractivity contribution in [3.63, 3.8) is 0 Å². The van der Waals surface area contributed by atoms with E-state index in [0.717, 1.165) is 0 Å². The Labute approximate surface area is 72.7 Å². The van der Waals surface area contributed by atoms with E-state index in [1.54, 1.807) is 0 Å². The molecule has 4 heteroatoms. The van der Waals surface area contributed by atoms with Gasteiger partial charge in [0, 0.05) is 25.6 Å². The minimum Gasteiger partial charge on any atom is -0.378 e. The third kappa shape index (κ3) is 2.79. The van der Waals surface area contributed by atoms with Gasteiger partial charge in [0.05, 0.1) is 13.2 Å². The molecule has 1 heterocycles. The highest BCUT2D eigenvalue weighted by Crippen LogP contribution is 2.01. The topological polar surface area (TPSA) is 55.6 Å². The number of carbonyl (C=O) groups excluding carboxylic acids is 1. The maximum absolute atomic E-state index is 11.4. The van der Waals surface area contributed by atoms with Gasteiger partial charge in [0.1, 0.15) is 0 Å². The van der Waals surface area contributed by atoms with Gasteiger partial charge < -0.3 is 15.4 Å². The molecule has 0 aliphatic carbocycles. The molecule has 1 rings (SSSR count). The summed E-state index contributed by atoms with van der Waals surface area (Å²) in [4.78, 5) is 13.2. The average molecular weight is 172 g/mol. The normalized spacial score (nSPS) is 20.7. The van der Waals surface area contributed by atoms with Gasteiger partial charge in [0.2, 0.25) is 5.91 Å². The Bertz CT molecular complexity index is 153. The van der Waals surface area contributed by atoms with E-state index in [-0.39, 0.29) is 11.9 Å². The summed E-state index contributed by atoms with van der Waals surface area (Å²) in [6.07, 6.45) is 0.444. The second-order valence-corrected chi connectivity index (χ2v) is 3.17. The number of hydrogen-bond donors (Lipinski definition) is 1. The largest absolute Gasteiger partial charge is 0.378 e. The fourth-order valence-electron chi connectivity index (χ4n) is 1.22. The van der Waals surface area contributed by atoms with Crippen molar-refractivity contribution >= 4 is 5.91 Å². The van der Waals surface area contributed by atoms with E-state index >= 15 is 0 Å². The maximum Gasteiger partial charge on any atom is 0.224 e. The standard InChI is InChI=1S/C8H16N2O2/c1-7(9)6-8(11)10-2-4-12-5-3-10/h7H,2-6,9H2,1H3. The number of nitrogens with two attached hydrogens (primary N) is 1. The Kier molecular flexibility index (Phi) is 3.49. The van der Waals surface area contributed by atoms with E-state index in [1.165, 1.54) is 0 Å². The van der Waals surface area contributed by atoms with Crippen LogP contribution in [0.1, 0.15) is 13.3 Å². The van der Waals surface area contributed by atoms with Crippen molar-refractivity contribution in [3.05, 3.63) is 0 Å². The molecular weight excluding hydrogens is 156 g/mol. The van der Waals surface area contributed by atoms with Crippen LogP contribution in [-0.4, -0.2) is 43.2 Å². The van der Waals surface area contributed by atoms with Crippen LogP contribution in [0.5, 0.6) is 0 Å². The minimum atomic E-state index is -0.0413. The van der Waals surface area contributed by atoms with E-state index in [9.17, 15) is 4.79 Å². The van der Waals surface area contributed by atoms with Crippen molar-refractivity contribution < 1.29 is 9.53 Å². The van der Waals surface area contributed by atoms with Gasteiger partial charge in [0.25, 0.3) is 0 Å². The Hall–Kier alpha value is -0.610. The molecule has 4 nitrogen and oxygen atoms in total. The van der Waals surface area contributed by atoms with Crippen LogP contribution in [0.4, 0.5) is 0 Å². The number of hydrogen-bond acceptors (Lipinski definition) is 3. The first-order valence-electron chi connectivity index (χ1n) is 4.31. The summed E-state index contributed by atoms with van der Waals surface area (Å²) in [5.41, 5.74) is 5.52. The van der Waals surface area contributed by atoms with Gasteiger partial charge in [-0.15, -0.1) is 0 Å². The summed E-state index contributed by atoms with van der Waals surface area (Å²) in [6.45, 7) is 4.59. The fourth-order valence-corrected chi connectivity index (χ4v) is 1.22. The van der Waals surface area contributed by atoms with Crippen LogP contribution >= 0.6 is 0 Å². The average Bonchev–Trinajstić information content (AvgIpc) is 2.05. The van der Waals surface area contributed by atoms with Crippen LogP contribution in [0.25, 0.3) is 0 Å². The third-order valence-corrected chi connectivity index (χ3v) is 1.86. The highest BCUT2D eigenvalue weighted by atomic mass is 16.5. The Morgan fingerprint density at radius 2 is 2.17 bits per heavy atom. The van der Waals surface area contributed by atoms with Crippen LogP contribution in [0, 0.1) is 0 Å². The van der Waals surface area contributed by atoms with E-state index in [2.05, 4.69) is 0 Å². The summed E-state index contributed by atoms with van der Waals surface area (Å²) < 4.78 is 5.13. The lowest BCUT2D eigenvalue weighted by molar-refractivity contribution is -0.135. The molecule has 1 amide bonds. The monoisotopic (exact) mass is 172 g/mol.